The second-order valence-electron chi connectivity index (χ2n) is 5.97. The van der Waals surface area contributed by atoms with Gasteiger partial charge < -0.3 is 17.0 Å². The lowest BCUT2D eigenvalue weighted by Crippen LogP contribution is -3.00. The molecule has 0 spiro atoms. The third-order valence-corrected chi connectivity index (χ3v) is 5.14. The van der Waals surface area contributed by atoms with Crippen LogP contribution in [0.1, 0.15) is 26.4 Å². The number of rotatable bonds is 5. The molecule has 28 heavy (non-hydrogen) atoms. The zero-order chi connectivity index (χ0) is 19.6. The molecule has 9 heteroatoms. The molecule has 3 aromatic rings. The zero-order valence-electron chi connectivity index (χ0n) is 14.3. The summed E-state index contributed by atoms with van der Waals surface area (Å²) in [4.78, 5) is 13.1. The van der Waals surface area contributed by atoms with Gasteiger partial charge in [0.1, 0.15) is 6.20 Å². The molecule has 3 rings (SSSR count). The van der Waals surface area contributed by atoms with E-state index < -0.39 is 11.7 Å². The lowest BCUT2D eigenvalue weighted by Gasteiger charge is -2.07. The number of ketones is 1. The minimum Gasteiger partial charge on any atom is -1.00 e. The Bertz CT molecular complexity index is 974. The SMILES string of the molecule is Nc1sc(Cc2cccc(C(F)(F)F)c2)c[n+]1CC(=O)c1ccc(Cl)cc1.[Br-]. The number of nitrogens with zero attached hydrogens (tertiary/aromatic N) is 1. The van der Waals surface area contributed by atoms with Gasteiger partial charge in [-0.1, -0.05) is 41.1 Å². The van der Waals surface area contributed by atoms with Crippen LogP contribution in [0.4, 0.5) is 18.3 Å². The number of carbonyl (C=O) groups is 1. The molecule has 2 N–H and O–H groups in total. The van der Waals surface area contributed by atoms with Crippen LogP contribution in [0.3, 0.4) is 0 Å². The van der Waals surface area contributed by atoms with E-state index in [1.54, 1.807) is 41.1 Å². The van der Waals surface area contributed by atoms with Crippen molar-refractivity contribution in [2.75, 3.05) is 5.73 Å². The highest BCUT2D eigenvalue weighted by Crippen LogP contribution is 2.30. The van der Waals surface area contributed by atoms with Gasteiger partial charge in [-0.3, -0.25) is 10.5 Å². The maximum absolute atomic E-state index is 12.8. The predicted molar refractivity (Wildman–Crippen MR) is 99.0 cm³/mol. The molecule has 0 radical (unpaired) electrons. The number of carbonyl (C=O) groups excluding carboxylic acids is 1. The van der Waals surface area contributed by atoms with Gasteiger partial charge in [-0.25, -0.2) is 4.57 Å². The van der Waals surface area contributed by atoms with E-state index in [-0.39, 0.29) is 29.3 Å². The number of thiazole rings is 1. The van der Waals surface area contributed by atoms with Crippen LogP contribution in [0.25, 0.3) is 0 Å². The molecule has 1 aromatic heterocycles. The Kier molecular flexibility index (Phi) is 7.25. The fourth-order valence-electron chi connectivity index (χ4n) is 2.60. The van der Waals surface area contributed by atoms with E-state index in [1.165, 1.54) is 17.4 Å². The standard InChI is InChI=1S/C19H14ClF3N2OS.BrH/c20-15-6-4-13(5-7-15)17(26)11-25-10-16(27-18(25)24)9-12-2-1-3-14(8-12)19(21,22)23;/h1-8,10,24H,9,11H2;1H. The molecular weight excluding hydrogens is 477 g/mol. The maximum Gasteiger partial charge on any atom is 0.416 e. The quantitative estimate of drug-likeness (QED) is 0.437. The highest BCUT2D eigenvalue weighted by Gasteiger charge is 2.30. The van der Waals surface area contributed by atoms with Crippen molar-refractivity contribution in [3.63, 3.8) is 0 Å². The third kappa shape index (κ3) is 5.56. The molecule has 0 fully saturated rings. The Morgan fingerprint density at radius 3 is 2.46 bits per heavy atom. The number of hydrogen-bond acceptors (Lipinski definition) is 3. The summed E-state index contributed by atoms with van der Waals surface area (Å²) in [6, 6.07) is 11.7. The molecule has 148 valence electrons. The van der Waals surface area contributed by atoms with E-state index in [2.05, 4.69) is 0 Å². The van der Waals surface area contributed by atoms with Crippen molar-refractivity contribution in [1.82, 2.24) is 0 Å². The Morgan fingerprint density at radius 1 is 1.14 bits per heavy atom. The van der Waals surface area contributed by atoms with Gasteiger partial charge in [0.15, 0.2) is 6.54 Å². The van der Waals surface area contributed by atoms with Gasteiger partial charge in [0.2, 0.25) is 5.78 Å². The summed E-state index contributed by atoms with van der Waals surface area (Å²) in [7, 11) is 0. The largest absolute Gasteiger partial charge is 1.00 e. The lowest BCUT2D eigenvalue weighted by molar-refractivity contribution is -0.664. The van der Waals surface area contributed by atoms with E-state index in [1.807, 2.05) is 0 Å². The number of benzene rings is 2. The van der Waals surface area contributed by atoms with Crippen LogP contribution in [0.2, 0.25) is 5.02 Å². The van der Waals surface area contributed by atoms with Gasteiger partial charge in [-0.15, -0.1) is 0 Å². The van der Waals surface area contributed by atoms with E-state index >= 15 is 0 Å². The molecule has 0 aliphatic rings. The summed E-state index contributed by atoms with van der Waals surface area (Å²) in [6.45, 7) is 0.0482. The smallest absolute Gasteiger partial charge is 0.416 e. The number of anilines is 1. The molecular formula is C19H15BrClF3N2OS. The van der Waals surface area contributed by atoms with Crippen LogP contribution in [-0.2, 0) is 19.1 Å². The van der Waals surface area contributed by atoms with Crippen molar-refractivity contribution >= 4 is 33.9 Å². The molecule has 1 heterocycles. The lowest BCUT2D eigenvalue weighted by atomic mass is 10.1. The first kappa shape index (κ1) is 22.4. The van der Waals surface area contributed by atoms with Crippen LogP contribution in [0, 0.1) is 0 Å². The highest BCUT2D eigenvalue weighted by molar-refractivity contribution is 7.14. The topological polar surface area (TPSA) is 47.0 Å². The summed E-state index contributed by atoms with van der Waals surface area (Å²) in [5.41, 5.74) is 6.33. The summed E-state index contributed by atoms with van der Waals surface area (Å²) in [6.07, 6.45) is -2.37. The van der Waals surface area contributed by atoms with Crippen LogP contribution in [-0.4, -0.2) is 5.78 Å². The van der Waals surface area contributed by atoms with Crippen molar-refractivity contribution in [3.05, 3.63) is 81.3 Å². The van der Waals surface area contributed by atoms with Gasteiger partial charge in [0.05, 0.1) is 10.4 Å². The molecule has 0 saturated carbocycles. The summed E-state index contributed by atoms with van der Waals surface area (Å²) in [5, 5.41) is 0.955. The fraction of sp³-hybridized carbons (Fsp3) is 0.158. The van der Waals surface area contributed by atoms with Crippen molar-refractivity contribution in [3.8, 4) is 0 Å². The average Bonchev–Trinajstić information content (AvgIpc) is 2.94. The molecule has 0 unspecified atom stereocenters. The first-order valence-corrected chi connectivity index (χ1v) is 9.14. The van der Waals surface area contributed by atoms with E-state index in [4.69, 9.17) is 17.3 Å². The monoisotopic (exact) mass is 490 g/mol. The normalized spacial score (nSPS) is 11.1. The average molecular weight is 492 g/mol. The van der Waals surface area contributed by atoms with Crippen LogP contribution < -0.4 is 27.3 Å². The van der Waals surface area contributed by atoms with E-state index in [0.29, 0.717) is 27.7 Å². The van der Waals surface area contributed by atoms with Crippen molar-refractivity contribution in [1.29, 1.82) is 0 Å². The Morgan fingerprint density at radius 2 is 1.82 bits per heavy atom. The van der Waals surface area contributed by atoms with Gasteiger partial charge in [0, 0.05) is 17.0 Å². The molecule has 2 aromatic carbocycles. The molecule has 0 amide bonds. The number of Topliss-reactive ketones (excluding diaryl/α,β-unsaturated/α-hetero) is 1. The minimum absolute atomic E-state index is 0. The van der Waals surface area contributed by atoms with E-state index in [0.717, 1.165) is 17.0 Å². The number of alkyl halides is 3. The number of halogens is 5. The fourth-order valence-corrected chi connectivity index (χ4v) is 3.65. The number of nitrogen functional groups attached to an aromatic ring is 1. The van der Waals surface area contributed by atoms with Crippen molar-refractivity contribution < 1.29 is 39.5 Å². The van der Waals surface area contributed by atoms with E-state index in [9.17, 15) is 18.0 Å². The summed E-state index contributed by atoms with van der Waals surface area (Å²) >= 11 is 7.06. The van der Waals surface area contributed by atoms with Gasteiger partial charge in [0.25, 0.3) is 0 Å². The maximum atomic E-state index is 12.8. The Balaban J connectivity index is 0.00000280. The second kappa shape index (κ2) is 9.07. The van der Waals surface area contributed by atoms with Crippen LogP contribution in [0.5, 0.6) is 0 Å². The van der Waals surface area contributed by atoms with Gasteiger partial charge in [-0.05, 0) is 35.9 Å². The minimum atomic E-state index is -4.38. The van der Waals surface area contributed by atoms with Crippen molar-refractivity contribution in [2.24, 2.45) is 0 Å². The molecule has 0 atom stereocenters. The summed E-state index contributed by atoms with van der Waals surface area (Å²) < 4.78 is 40.1. The van der Waals surface area contributed by atoms with Crippen molar-refractivity contribution in [2.45, 2.75) is 19.1 Å². The van der Waals surface area contributed by atoms with Gasteiger partial charge in [-0.2, -0.15) is 13.2 Å². The molecule has 0 saturated heterocycles. The molecule has 0 bridgehead atoms. The Labute approximate surface area is 179 Å². The van der Waals surface area contributed by atoms with Crippen LogP contribution >= 0.6 is 22.9 Å². The summed E-state index contributed by atoms with van der Waals surface area (Å²) in [5.74, 6) is -0.133. The second-order valence-corrected chi connectivity index (χ2v) is 7.55. The van der Waals surface area contributed by atoms with Crippen LogP contribution in [0.15, 0.2) is 54.7 Å². The first-order valence-electron chi connectivity index (χ1n) is 7.95. The number of hydrogen-bond donors (Lipinski definition) is 1. The molecule has 0 aliphatic heterocycles. The third-order valence-electron chi connectivity index (χ3n) is 3.93. The Hall–Kier alpha value is -1.90. The molecule has 3 nitrogen and oxygen atoms in total. The first-order chi connectivity index (χ1) is 12.7. The zero-order valence-corrected chi connectivity index (χ0v) is 17.5. The predicted octanol–water partition coefficient (Wildman–Crippen LogP) is 1.77. The molecule has 0 aliphatic carbocycles. The highest BCUT2D eigenvalue weighted by atomic mass is 79.9. The number of nitrogens with two attached hydrogens (primary N) is 1. The number of aromatic nitrogens is 1. The van der Waals surface area contributed by atoms with Gasteiger partial charge >= 0.3 is 11.3 Å².